The molecule has 1 aliphatic heterocycles. The van der Waals surface area contributed by atoms with Crippen molar-refractivity contribution in [1.29, 1.82) is 0 Å². The Kier molecular flexibility index (Phi) is 6.30. The van der Waals surface area contributed by atoms with Crippen LogP contribution in [-0.2, 0) is 4.79 Å². The molecule has 0 unspecified atom stereocenters. The number of aromatic nitrogens is 1. The lowest BCUT2D eigenvalue weighted by atomic mass is 10.2. The van der Waals surface area contributed by atoms with Gasteiger partial charge in [0.25, 0.3) is 0 Å². The number of carbonyl (C=O) groups excluding carboxylic acids is 1. The van der Waals surface area contributed by atoms with Crippen LogP contribution in [0.15, 0.2) is 48.5 Å². The summed E-state index contributed by atoms with van der Waals surface area (Å²) in [7, 11) is 0. The summed E-state index contributed by atoms with van der Waals surface area (Å²) >= 11 is 1.70. The number of carbonyl (C=O) groups is 1. The summed E-state index contributed by atoms with van der Waals surface area (Å²) in [6, 6.07) is 15.9. The zero-order chi connectivity index (χ0) is 20.1. The molecule has 1 aliphatic rings. The van der Waals surface area contributed by atoms with Crippen molar-refractivity contribution in [3.63, 3.8) is 0 Å². The number of nitrogens with zero attached hydrogens (tertiary/aromatic N) is 2. The van der Waals surface area contributed by atoms with Gasteiger partial charge in [0.2, 0.25) is 5.91 Å². The van der Waals surface area contributed by atoms with E-state index in [0.717, 1.165) is 41.4 Å². The van der Waals surface area contributed by atoms with Crippen molar-refractivity contribution < 1.29 is 14.3 Å². The predicted octanol–water partition coefficient (Wildman–Crippen LogP) is 5.22. The molecule has 0 spiro atoms. The highest BCUT2D eigenvalue weighted by molar-refractivity contribution is 7.18. The highest BCUT2D eigenvalue weighted by atomic mass is 32.1. The van der Waals surface area contributed by atoms with Crippen molar-refractivity contribution >= 4 is 27.5 Å². The maximum absolute atomic E-state index is 12.8. The Morgan fingerprint density at radius 3 is 2.69 bits per heavy atom. The first-order valence-corrected chi connectivity index (χ1v) is 11.1. The van der Waals surface area contributed by atoms with E-state index in [2.05, 4.69) is 6.07 Å². The molecule has 1 saturated heterocycles. The Labute approximate surface area is 175 Å². The Balaban J connectivity index is 1.32. The van der Waals surface area contributed by atoms with E-state index < -0.39 is 0 Å². The van der Waals surface area contributed by atoms with Crippen LogP contribution >= 0.6 is 11.3 Å². The molecule has 0 radical (unpaired) electrons. The summed E-state index contributed by atoms with van der Waals surface area (Å²) < 4.78 is 12.6. The van der Waals surface area contributed by atoms with Crippen molar-refractivity contribution in [2.24, 2.45) is 0 Å². The van der Waals surface area contributed by atoms with E-state index in [1.165, 1.54) is 4.70 Å². The van der Waals surface area contributed by atoms with Crippen molar-refractivity contribution in [3.8, 4) is 11.5 Å². The van der Waals surface area contributed by atoms with Crippen LogP contribution in [-0.4, -0.2) is 35.5 Å². The van der Waals surface area contributed by atoms with Crippen molar-refractivity contribution in [2.45, 2.75) is 38.6 Å². The molecule has 3 aromatic rings. The summed E-state index contributed by atoms with van der Waals surface area (Å²) in [5, 5.41) is 1.05. The molecule has 1 aromatic heterocycles. The normalized spacial score (nSPS) is 16.3. The van der Waals surface area contributed by atoms with Gasteiger partial charge in [-0.15, -0.1) is 11.3 Å². The van der Waals surface area contributed by atoms with Gasteiger partial charge in [-0.05, 0) is 50.5 Å². The maximum Gasteiger partial charge on any atom is 0.223 e. The monoisotopic (exact) mass is 410 g/mol. The average molecular weight is 411 g/mol. The van der Waals surface area contributed by atoms with E-state index in [0.29, 0.717) is 26.1 Å². The van der Waals surface area contributed by atoms with E-state index in [-0.39, 0.29) is 11.9 Å². The summed E-state index contributed by atoms with van der Waals surface area (Å²) in [5.74, 6) is 1.67. The van der Waals surface area contributed by atoms with E-state index in [1.54, 1.807) is 11.3 Å². The first kappa shape index (κ1) is 19.7. The van der Waals surface area contributed by atoms with Crippen LogP contribution in [0.2, 0.25) is 0 Å². The van der Waals surface area contributed by atoms with Crippen LogP contribution in [0.3, 0.4) is 0 Å². The van der Waals surface area contributed by atoms with Crippen molar-refractivity contribution in [3.05, 3.63) is 53.5 Å². The van der Waals surface area contributed by atoms with Gasteiger partial charge in [-0.2, -0.15) is 0 Å². The fraction of sp³-hybridized carbons (Fsp3) is 0.391. The topological polar surface area (TPSA) is 51.7 Å². The smallest absolute Gasteiger partial charge is 0.223 e. The average Bonchev–Trinajstić information content (AvgIpc) is 3.39. The molecule has 4 rings (SSSR count). The third kappa shape index (κ3) is 4.53. The fourth-order valence-corrected chi connectivity index (χ4v) is 4.86. The standard InChI is InChI=1S/C23H26N2O3S/c1-2-27-19-11-4-5-12-20(19)28-16-8-14-22(26)25-15-7-10-18(25)23-24-17-9-3-6-13-21(17)29-23/h3-6,9,11-13,18H,2,7-8,10,14-16H2,1H3/t18-/m1/s1. The number of amides is 1. The number of para-hydroxylation sites is 3. The molecule has 1 fully saturated rings. The third-order valence-electron chi connectivity index (χ3n) is 5.11. The van der Waals surface area contributed by atoms with Crippen LogP contribution in [0.5, 0.6) is 11.5 Å². The fourth-order valence-electron chi connectivity index (χ4n) is 3.75. The van der Waals surface area contributed by atoms with Gasteiger partial charge >= 0.3 is 0 Å². The van der Waals surface area contributed by atoms with E-state index in [4.69, 9.17) is 14.5 Å². The van der Waals surface area contributed by atoms with Crippen LogP contribution in [0, 0.1) is 0 Å². The van der Waals surface area contributed by atoms with E-state index in [1.807, 2.05) is 54.3 Å². The van der Waals surface area contributed by atoms with Crippen LogP contribution < -0.4 is 9.47 Å². The molecule has 1 atom stereocenters. The SMILES string of the molecule is CCOc1ccccc1OCCCC(=O)N1CCC[C@@H]1c1nc2ccccc2s1. The summed E-state index contributed by atoms with van der Waals surface area (Å²) in [4.78, 5) is 19.6. The van der Waals surface area contributed by atoms with E-state index >= 15 is 0 Å². The minimum absolute atomic E-state index is 0.111. The summed E-state index contributed by atoms with van der Waals surface area (Å²) in [5.41, 5.74) is 1.02. The zero-order valence-corrected chi connectivity index (χ0v) is 17.5. The number of thiazole rings is 1. The molecule has 0 N–H and O–H groups in total. The molecule has 0 saturated carbocycles. The molecule has 2 aromatic carbocycles. The number of fused-ring (bicyclic) bond motifs is 1. The van der Waals surface area contributed by atoms with Crippen LogP contribution in [0.25, 0.3) is 10.2 Å². The number of hydrogen-bond acceptors (Lipinski definition) is 5. The Morgan fingerprint density at radius 2 is 1.90 bits per heavy atom. The minimum Gasteiger partial charge on any atom is -0.490 e. The van der Waals surface area contributed by atoms with E-state index in [9.17, 15) is 4.79 Å². The highest BCUT2D eigenvalue weighted by Crippen LogP contribution is 2.36. The molecule has 5 nitrogen and oxygen atoms in total. The molecule has 29 heavy (non-hydrogen) atoms. The Morgan fingerprint density at radius 1 is 1.14 bits per heavy atom. The Hall–Kier alpha value is -2.60. The largest absolute Gasteiger partial charge is 0.490 e. The number of rotatable bonds is 8. The lowest BCUT2D eigenvalue weighted by Gasteiger charge is -2.23. The zero-order valence-electron chi connectivity index (χ0n) is 16.7. The van der Waals surface area contributed by atoms with Gasteiger partial charge in [0, 0.05) is 13.0 Å². The van der Waals surface area contributed by atoms with Gasteiger partial charge in [-0.1, -0.05) is 24.3 Å². The number of ether oxygens (including phenoxy) is 2. The predicted molar refractivity (Wildman–Crippen MR) is 116 cm³/mol. The van der Waals surface area contributed by atoms with Gasteiger partial charge in [0.15, 0.2) is 11.5 Å². The molecule has 6 heteroatoms. The number of benzene rings is 2. The summed E-state index contributed by atoms with van der Waals surface area (Å²) in [6.07, 6.45) is 3.19. The Bertz CT molecular complexity index is 938. The molecular weight excluding hydrogens is 384 g/mol. The molecule has 152 valence electrons. The molecule has 2 heterocycles. The lowest BCUT2D eigenvalue weighted by molar-refractivity contribution is -0.132. The molecule has 1 amide bonds. The maximum atomic E-state index is 12.8. The minimum atomic E-state index is 0.111. The first-order chi connectivity index (χ1) is 14.3. The van der Waals surface area contributed by atoms with Crippen molar-refractivity contribution in [1.82, 2.24) is 9.88 Å². The van der Waals surface area contributed by atoms with Crippen LogP contribution in [0.1, 0.15) is 43.7 Å². The first-order valence-electron chi connectivity index (χ1n) is 10.3. The van der Waals surface area contributed by atoms with Gasteiger partial charge in [0.05, 0.1) is 29.5 Å². The molecular formula is C23H26N2O3S. The second-order valence-corrected chi connectivity index (χ2v) is 8.16. The highest BCUT2D eigenvalue weighted by Gasteiger charge is 2.31. The van der Waals surface area contributed by atoms with Crippen LogP contribution in [0.4, 0.5) is 0 Å². The third-order valence-corrected chi connectivity index (χ3v) is 6.25. The quantitative estimate of drug-likeness (QED) is 0.478. The number of hydrogen-bond donors (Lipinski definition) is 0. The van der Waals surface area contributed by atoms with Gasteiger partial charge in [0.1, 0.15) is 5.01 Å². The lowest BCUT2D eigenvalue weighted by Crippen LogP contribution is -2.30. The molecule has 0 bridgehead atoms. The molecule has 0 aliphatic carbocycles. The second-order valence-electron chi connectivity index (χ2n) is 7.10. The van der Waals surface area contributed by atoms with Gasteiger partial charge < -0.3 is 14.4 Å². The van der Waals surface area contributed by atoms with Crippen molar-refractivity contribution in [2.75, 3.05) is 19.8 Å². The number of likely N-dealkylation sites (tertiary alicyclic amines) is 1. The van der Waals surface area contributed by atoms with Gasteiger partial charge in [-0.3, -0.25) is 4.79 Å². The summed E-state index contributed by atoms with van der Waals surface area (Å²) in [6.45, 7) is 3.86. The van der Waals surface area contributed by atoms with Gasteiger partial charge in [-0.25, -0.2) is 4.98 Å². The second kappa shape index (κ2) is 9.27.